The summed E-state index contributed by atoms with van der Waals surface area (Å²) in [6.45, 7) is 4.83. The van der Waals surface area contributed by atoms with E-state index in [1.807, 2.05) is 12.1 Å². The molecule has 0 aliphatic rings. The third-order valence-corrected chi connectivity index (χ3v) is 3.00. The number of carbonyl (C=O) groups is 1. The van der Waals surface area contributed by atoms with Gasteiger partial charge in [-0.1, -0.05) is 29.8 Å². The van der Waals surface area contributed by atoms with Crippen molar-refractivity contribution in [3.63, 3.8) is 0 Å². The van der Waals surface area contributed by atoms with Gasteiger partial charge in [0.15, 0.2) is 0 Å². The maximum Gasteiger partial charge on any atom is 0.252 e. The lowest BCUT2D eigenvalue weighted by Gasteiger charge is -2.08. The minimum atomic E-state index is -0.0388. The molecule has 0 radical (unpaired) electrons. The van der Waals surface area contributed by atoms with Gasteiger partial charge in [0.1, 0.15) is 0 Å². The highest BCUT2D eigenvalue weighted by atomic mass is 79.9. The molecule has 1 N–H and O–H groups in total. The van der Waals surface area contributed by atoms with E-state index in [4.69, 9.17) is 0 Å². The molecular formula is C11H13Br2NO. The molecule has 0 aliphatic carbocycles. The van der Waals surface area contributed by atoms with E-state index in [0.29, 0.717) is 18.0 Å². The quantitative estimate of drug-likeness (QED) is 0.899. The Morgan fingerprint density at radius 3 is 2.60 bits per heavy atom. The van der Waals surface area contributed by atoms with Gasteiger partial charge in [-0.2, -0.15) is 0 Å². The normalized spacial score (nSPS) is 10.5. The van der Waals surface area contributed by atoms with E-state index in [2.05, 4.69) is 51.0 Å². The Morgan fingerprint density at radius 2 is 2.07 bits per heavy atom. The van der Waals surface area contributed by atoms with Gasteiger partial charge in [0.2, 0.25) is 0 Å². The van der Waals surface area contributed by atoms with Crippen molar-refractivity contribution >= 4 is 37.8 Å². The van der Waals surface area contributed by atoms with Gasteiger partial charge in [0.25, 0.3) is 5.91 Å². The highest BCUT2D eigenvalue weighted by Gasteiger charge is 2.09. The number of halogens is 2. The van der Waals surface area contributed by atoms with Crippen LogP contribution in [0.5, 0.6) is 0 Å². The van der Waals surface area contributed by atoms with E-state index in [1.165, 1.54) is 0 Å². The second-order valence-corrected chi connectivity index (χ2v) is 5.50. The number of nitrogens with one attached hydrogen (secondary N) is 1. The number of hydrogen-bond acceptors (Lipinski definition) is 1. The first-order valence-corrected chi connectivity index (χ1v) is 6.32. The van der Waals surface area contributed by atoms with Crippen LogP contribution in [0.25, 0.3) is 0 Å². The summed E-state index contributed by atoms with van der Waals surface area (Å²) < 4.78 is 1.76. The second kappa shape index (κ2) is 5.66. The number of amides is 1. The van der Waals surface area contributed by atoms with Crippen LogP contribution in [0, 0.1) is 5.92 Å². The molecule has 82 valence electrons. The Hall–Kier alpha value is -0.350. The third-order valence-electron chi connectivity index (χ3n) is 1.85. The largest absolute Gasteiger partial charge is 0.352 e. The van der Waals surface area contributed by atoms with Gasteiger partial charge in [0, 0.05) is 15.5 Å². The average Bonchev–Trinajstić information content (AvgIpc) is 2.14. The Balaban J connectivity index is 2.74. The molecule has 15 heavy (non-hydrogen) atoms. The minimum Gasteiger partial charge on any atom is -0.352 e. The summed E-state index contributed by atoms with van der Waals surface area (Å²) in [5.41, 5.74) is 0.666. The van der Waals surface area contributed by atoms with E-state index in [-0.39, 0.29) is 5.91 Å². The monoisotopic (exact) mass is 333 g/mol. The second-order valence-electron chi connectivity index (χ2n) is 3.73. The Labute approximate surface area is 107 Å². The lowest BCUT2D eigenvalue weighted by Crippen LogP contribution is -2.27. The number of hydrogen-bond donors (Lipinski definition) is 1. The lowest BCUT2D eigenvalue weighted by molar-refractivity contribution is 0.0948. The average molecular weight is 335 g/mol. The van der Waals surface area contributed by atoms with Crippen molar-refractivity contribution in [1.82, 2.24) is 5.32 Å². The molecule has 1 aromatic carbocycles. The van der Waals surface area contributed by atoms with Gasteiger partial charge in [-0.05, 0) is 40.0 Å². The van der Waals surface area contributed by atoms with Crippen molar-refractivity contribution in [2.45, 2.75) is 13.8 Å². The van der Waals surface area contributed by atoms with Crippen LogP contribution in [0.15, 0.2) is 27.1 Å². The van der Waals surface area contributed by atoms with Crippen LogP contribution in [0.2, 0.25) is 0 Å². The standard InChI is InChI=1S/C11H13Br2NO/c1-7(2)6-14-11(15)9-4-3-8(12)5-10(9)13/h3-5,7H,6H2,1-2H3,(H,14,15). The molecule has 0 atom stereocenters. The van der Waals surface area contributed by atoms with E-state index in [0.717, 1.165) is 8.95 Å². The van der Waals surface area contributed by atoms with Gasteiger partial charge >= 0.3 is 0 Å². The van der Waals surface area contributed by atoms with Crippen molar-refractivity contribution in [3.8, 4) is 0 Å². The first-order valence-electron chi connectivity index (χ1n) is 4.74. The van der Waals surface area contributed by atoms with Crippen LogP contribution in [0.1, 0.15) is 24.2 Å². The molecule has 0 aromatic heterocycles. The van der Waals surface area contributed by atoms with Gasteiger partial charge in [0.05, 0.1) is 5.56 Å². The van der Waals surface area contributed by atoms with Crippen LogP contribution in [0.3, 0.4) is 0 Å². The number of carbonyl (C=O) groups excluding carboxylic acids is 1. The zero-order chi connectivity index (χ0) is 11.4. The highest BCUT2D eigenvalue weighted by Crippen LogP contribution is 2.21. The molecule has 1 aromatic rings. The first-order chi connectivity index (χ1) is 7.00. The van der Waals surface area contributed by atoms with E-state index < -0.39 is 0 Å². The molecule has 0 aliphatic heterocycles. The van der Waals surface area contributed by atoms with Crippen LogP contribution < -0.4 is 5.32 Å². The van der Waals surface area contributed by atoms with Crippen molar-refractivity contribution < 1.29 is 4.79 Å². The van der Waals surface area contributed by atoms with Gasteiger partial charge in [-0.15, -0.1) is 0 Å². The Morgan fingerprint density at radius 1 is 1.40 bits per heavy atom. The van der Waals surface area contributed by atoms with E-state index >= 15 is 0 Å². The SMILES string of the molecule is CC(C)CNC(=O)c1ccc(Br)cc1Br. The summed E-state index contributed by atoms with van der Waals surface area (Å²) in [4.78, 5) is 11.7. The molecule has 4 heteroatoms. The maximum atomic E-state index is 11.7. The summed E-state index contributed by atoms with van der Waals surface area (Å²) in [7, 11) is 0. The van der Waals surface area contributed by atoms with Crippen LogP contribution in [-0.2, 0) is 0 Å². The van der Waals surface area contributed by atoms with Gasteiger partial charge in [-0.3, -0.25) is 4.79 Å². The molecule has 1 amide bonds. The molecule has 0 heterocycles. The summed E-state index contributed by atoms with van der Waals surface area (Å²) in [6, 6.07) is 5.52. The summed E-state index contributed by atoms with van der Waals surface area (Å²) in [6.07, 6.45) is 0. The molecule has 1 rings (SSSR count). The smallest absolute Gasteiger partial charge is 0.252 e. The Bertz CT molecular complexity index is 364. The van der Waals surface area contributed by atoms with E-state index in [9.17, 15) is 4.79 Å². The minimum absolute atomic E-state index is 0.0388. The van der Waals surface area contributed by atoms with Crippen molar-refractivity contribution in [2.75, 3.05) is 6.54 Å². The van der Waals surface area contributed by atoms with Crippen molar-refractivity contribution in [1.29, 1.82) is 0 Å². The zero-order valence-corrected chi connectivity index (χ0v) is 11.9. The lowest BCUT2D eigenvalue weighted by atomic mass is 10.2. The van der Waals surface area contributed by atoms with Gasteiger partial charge < -0.3 is 5.32 Å². The van der Waals surface area contributed by atoms with Crippen molar-refractivity contribution in [3.05, 3.63) is 32.7 Å². The van der Waals surface area contributed by atoms with Crippen molar-refractivity contribution in [2.24, 2.45) is 5.92 Å². The van der Waals surface area contributed by atoms with Crippen LogP contribution >= 0.6 is 31.9 Å². The van der Waals surface area contributed by atoms with Crippen LogP contribution in [-0.4, -0.2) is 12.5 Å². The zero-order valence-electron chi connectivity index (χ0n) is 8.68. The Kier molecular flexibility index (Phi) is 4.80. The summed E-state index contributed by atoms with van der Waals surface area (Å²) in [5.74, 6) is 0.422. The fourth-order valence-corrected chi connectivity index (χ4v) is 2.29. The molecular weight excluding hydrogens is 322 g/mol. The molecule has 0 saturated heterocycles. The summed E-state index contributed by atoms with van der Waals surface area (Å²) >= 11 is 6.71. The topological polar surface area (TPSA) is 29.1 Å². The third kappa shape index (κ3) is 3.95. The maximum absolute atomic E-state index is 11.7. The molecule has 0 saturated carbocycles. The fourth-order valence-electron chi connectivity index (χ4n) is 1.07. The molecule has 0 fully saturated rings. The molecule has 0 unspecified atom stereocenters. The number of rotatable bonds is 3. The predicted molar refractivity (Wildman–Crippen MR) is 69.0 cm³/mol. The fraction of sp³-hybridized carbons (Fsp3) is 0.364. The van der Waals surface area contributed by atoms with Crippen LogP contribution in [0.4, 0.5) is 0 Å². The highest BCUT2D eigenvalue weighted by molar-refractivity contribution is 9.11. The predicted octanol–water partition coefficient (Wildman–Crippen LogP) is 3.60. The molecule has 0 spiro atoms. The van der Waals surface area contributed by atoms with E-state index in [1.54, 1.807) is 6.07 Å². The number of benzene rings is 1. The first kappa shape index (κ1) is 12.7. The molecule has 2 nitrogen and oxygen atoms in total. The summed E-state index contributed by atoms with van der Waals surface area (Å²) in [5, 5.41) is 2.87. The van der Waals surface area contributed by atoms with Gasteiger partial charge in [-0.25, -0.2) is 0 Å². The molecule has 0 bridgehead atoms.